The number of aromatic nitrogens is 3. The summed E-state index contributed by atoms with van der Waals surface area (Å²) in [5.41, 5.74) is 4.26. The average molecular weight is 611 g/mol. The Kier molecular flexibility index (Phi) is 8.78. The van der Waals surface area contributed by atoms with Crippen molar-refractivity contribution >= 4 is 29.2 Å². The first-order valence-electron chi connectivity index (χ1n) is 12.0. The van der Waals surface area contributed by atoms with E-state index in [-0.39, 0.29) is 41.2 Å². The van der Waals surface area contributed by atoms with E-state index in [1.165, 1.54) is 4.57 Å². The predicted molar refractivity (Wildman–Crippen MR) is 142 cm³/mol. The molecule has 0 spiro atoms. The number of H-pyrrole nitrogens is 1. The third-order valence-electron chi connectivity index (χ3n) is 6.12. The molecule has 0 aliphatic carbocycles. The third-order valence-corrected chi connectivity index (χ3v) is 6.49. The molecule has 15 heteroatoms. The lowest BCUT2D eigenvalue weighted by Gasteiger charge is -2.24. The monoisotopic (exact) mass is 610 g/mol. The SMILES string of the molecule is NC(=C(c1ccccc1)N(N)Cc1cc(C(F)(F)F)cc(C(F)(F)F)c1)c1n[nH]c(C=NO)[n+]1Cc1ccccc1Cl. The van der Waals surface area contributed by atoms with Crippen molar-refractivity contribution in [1.82, 2.24) is 15.2 Å². The molecule has 220 valence electrons. The van der Waals surface area contributed by atoms with Crippen LogP contribution in [-0.4, -0.2) is 26.6 Å². The first kappa shape index (κ1) is 30.4. The molecule has 0 fully saturated rings. The maximum Gasteiger partial charge on any atom is 0.416 e. The fourth-order valence-corrected chi connectivity index (χ4v) is 4.42. The number of aromatic amines is 1. The van der Waals surface area contributed by atoms with E-state index in [1.807, 2.05) is 0 Å². The summed E-state index contributed by atoms with van der Waals surface area (Å²) in [7, 11) is 0. The normalized spacial score (nSPS) is 13.0. The van der Waals surface area contributed by atoms with Crippen LogP contribution in [0.25, 0.3) is 11.4 Å². The van der Waals surface area contributed by atoms with Crippen molar-refractivity contribution in [2.24, 2.45) is 16.7 Å². The minimum absolute atomic E-state index is 0.0399. The maximum absolute atomic E-state index is 13.5. The minimum atomic E-state index is -5.03. The molecule has 0 aliphatic rings. The summed E-state index contributed by atoms with van der Waals surface area (Å²) in [4.78, 5) is 0. The first-order valence-corrected chi connectivity index (χ1v) is 12.4. The highest BCUT2D eigenvalue weighted by atomic mass is 35.5. The number of nitrogens with two attached hydrogens (primary N) is 2. The van der Waals surface area contributed by atoms with Gasteiger partial charge in [0.2, 0.25) is 0 Å². The number of halogens is 7. The zero-order valence-corrected chi connectivity index (χ0v) is 22.2. The van der Waals surface area contributed by atoms with Crippen molar-refractivity contribution in [3.05, 3.63) is 117 Å². The van der Waals surface area contributed by atoms with Crippen LogP contribution in [0.5, 0.6) is 0 Å². The predicted octanol–water partition coefficient (Wildman–Crippen LogP) is 5.41. The van der Waals surface area contributed by atoms with E-state index in [9.17, 15) is 26.3 Å². The molecule has 1 aromatic heterocycles. The van der Waals surface area contributed by atoms with Gasteiger partial charge in [0.15, 0.2) is 0 Å². The smallest absolute Gasteiger partial charge is 0.411 e. The molecule has 42 heavy (non-hydrogen) atoms. The van der Waals surface area contributed by atoms with Crippen LogP contribution in [0.1, 0.15) is 39.5 Å². The summed E-state index contributed by atoms with van der Waals surface area (Å²) in [5.74, 6) is 6.59. The van der Waals surface area contributed by atoms with Crippen LogP contribution in [-0.2, 0) is 25.4 Å². The van der Waals surface area contributed by atoms with E-state index >= 15 is 0 Å². The number of hydrogen-bond donors (Lipinski definition) is 4. The number of rotatable bonds is 8. The first-order chi connectivity index (χ1) is 19.8. The van der Waals surface area contributed by atoms with Crippen molar-refractivity contribution in [1.29, 1.82) is 0 Å². The van der Waals surface area contributed by atoms with E-state index in [0.717, 1.165) is 11.2 Å². The molecule has 0 atom stereocenters. The van der Waals surface area contributed by atoms with Crippen molar-refractivity contribution in [2.45, 2.75) is 25.4 Å². The van der Waals surface area contributed by atoms with E-state index in [4.69, 9.17) is 28.4 Å². The Bertz CT molecular complexity index is 1590. The van der Waals surface area contributed by atoms with Gasteiger partial charge in [-0.25, -0.2) is 10.4 Å². The standard InChI is InChI=1S/C27H22ClF6N7O/c28-21-9-5-4-8-18(21)15-40-22(13-37-42)38-39-25(40)23(35)24(17-6-2-1-3-7-17)41(36)14-16-10-19(26(29,30)31)12-20(11-16)27(32,33)34/h1-13H,14-15,35-36H2,(H,38,42)/p+1. The molecule has 8 nitrogen and oxygen atoms in total. The Morgan fingerprint density at radius 2 is 1.57 bits per heavy atom. The van der Waals surface area contributed by atoms with Gasteiger partial charge in [-0.2, -0.15) is 26.3 Å². The largest absolute Gasteiger partial charge is 0.416 e. The average Bonchev–Trinajstić information content (AvgIpc) is 3.31. The summed E-state index contributed by atoms with van der Waals surface area (Å²) in [6.07, 6.45) is -9.00. The van der Waals surface area contributed by atoms with E-state index < -0.39 is 30.0 Å². The molecule has 4 aromatic rings. The highest BCUT2D eigenvalue weighted by Crippen LogP contribution is 2.37. The minimum Gasteiger partial charge on any atom is -0.411 e. The third kappa shape index (κ3) is 6.83. The van der Waals surface area contributed by atoms with Gasteiger partial charge >= 0.3 is 18.2 Å². The fourth-order valence-electron chi connectivity index (χ4n) is 4.23. The molecule has 6 N–H and O–H groups in total. The molecule has 0 unspecified atom stereocenters. The van der Waals surface area contributed by atoms with E-state index in [1.54, 1.807) is 54.6 Å². The van der Waals surface area contributed by atoms with Crippen molar-refractivity contribution in [3.8, 4) is 0 Å². The topological polar surface area (TPSA) is 120 Å². The highest BCUT2D eigenvalue weighted by molar-refractivity contribution is 6.31. The number of nitrogens with one attached hydrogen (secondary N) is 1. The lowest BCUT2D eigenvalue weighted by atomic mass is 10.0. The Morgan fingerprint density at radius 3 is 2.14 bits per heavy atom. The number of oxime groups is 1. The summed E-state index contributed by atoms with van der Waals surface area (Å²) in [6, 6.07) is 16.3. The molecule has 3 aromatic carbocycles. The van der Waals surface area contributed by atoms with Crippen molar-refractivity contribution < 1.29 is 36.1 Å². The maximum atomic E-state index is 13.5. The summed E-state index contributed by atoms with van der Waals surface area (Å²) >= 11 is 6.33. The van der Waals surface area contributed by atoms with Gasteiger partial charge < -0.3 is 15.9 Å². The number of benzene rings is 3. The Hall–Kier alpha value is -4.56. The molecule has 0 saturated heterocycles. The highest BCUT2D eigenvalue weighted by Gasteiger charge is 2.37. The molecular weight excluding hydrogens is 588 g/mol. The molecule has 0 saturated carbocycles. The van der Waals surface area contributed by atoms with Gasteiger partial charge in [-0.15, -0.1) is 5.10 Å². The van der Waals surface area contributed by atoms with Gasteiger partial charge in [0, 0.05) is 21.2 Å². The van der Waals surface area contributed by atoms with Crippen LogP contribution in [0, 0.1) is 0 Å². The molecule has 4 rings (SSSR count). The van der Waals surface area contributed by atoms with Gasteiger partial charge in [0.05, 0.1) is 29.9 Å². The molecule has 0 aliphatic heterocycles. The van der Waals surface area contributed by atoms with Gasteiger partial charge in [0.25, 0.3) is 5.82 Å². The zero-order chi connectivity index (χ0) is 30.7. The molecule has 0 amide bonds. The summed E-state index contributed by atoms with van der Waals surface area (Å²) in [6.45, 7) is -0.499. The van der Waals surface area contributed by atoms with Gasteiger partial charge in [-0.3, -0.25) is 0 Å². The van der Waals surface area contributed by atoms with Gasteiger partial charge in [-0.05, 0) is 29.8 Å². The van der Waals surface area contributed by atoms with Gasteiger partial charge in [-0.1, -0.05) is 65.3 Å². The Morgan fingerprint density at radius 1 is 0.976 bits per heavy atom. The van der Waals surface area contributed by atoms with Gasteiger partial charge in [0.1, 0.15) is 11.9 Å². The van der Waals surface area contributed by atoms with Crippen molar-refractivity contribution in [2.75, 3.05) is 0 Å². The number of hydrazine groups is 1. The quantitative estimate of drug-likeness (QED) is 0.0531. The zero-order valence-electron chi connectivity index (χ0n) is 21.5. The Labute approximate surface area is 240 Å². The second-order valence-corrected chi connectivity index (χ2v) is 9.43. The second kappa shape index (κ2) is 12.1. The molecule has 0 radical (unpaired) electrons. The van der Waals surface area contributed by atoms with E-state index in [0.29, 0.717) is 28.3 Å². The lowest BCUT2D eigenvalue weighted by Crippen LogP contribution is -2.43. The molecule has 0 bridgehead atoms. The fraction of sp³-hybridized carbons (Fsp3) is 0.148. The Balaban J connectivity index is 1.86. The summed E-state index contributed by atoms with van der Waals surface area (Å²) < 4.78 is 82.3. The lowest BCUT2D eigenvalue weighted by molar-refractivity contribution is -0.691. The number of hydrogen-bond acceptors (Lipinski definition) is 6. The van der Waals surface area contributed by atoms with Crippen LogP contribution in [0.3, 0.4) is 0 Å². The van der Waals surface area contributed by atoms with Crippen molar-refractivity contribution in [3.63, 3.8) is 0 Å². The summed E-state index contributed by atoms with van der Waals surface area (Å²) in [5, 5.41) is 20.4. The molecule has 1 heterocycles. The number of nitrogens with zero attached hydrogens (tertiary/aromatic N) is 4. The van der Waals surface area contributed by atoms with E-state index in [2.05, 4.69) is 15.4 Å². The van der Waals surface area contributed by atoms with Crippen LogP contribution in [0.4, 0.5) is 26.3 Å². The second-order valence-electron chi connectivity index (χ2n) is 9.02. The van der Waals surface area contributed by atoms with Crippen LogP contribution >= 0.6 is 11.6 Å². The van der Waals surface area contributed by atoms with Crippen LogP contribution in [0.2, 0.25) is 5.02 Å². The van der Waals surface area contributed by atoms with Crippen LogP contribution in [0.15, 0.2) is 78.0 Å². The molecular formula is C27H23ClF6N7O+. The number of alkyl halides is 6. The van der Waals surface area contributed by atoms with Crippen LogP contribution < -0.4 is 16.1 Å².